The molecule has 118 valence electrons. The number of rotatable bonds is 4. The highest BCUT2D eigenvalue weighted by atomic mass is 79.9. The van der Waals surface area contributed by atoms with Gasteiger partial charge in [0.05, 0.1) is 4.88 Å². The molecule has 9 heteroatoms. The summed E-state index contributed by atoms with van der Waals surface area (Å²) in [6.07, 6.45) is 2.46. The Hall–Kier alpha value is 0.140. The number of aliphatic hydroxyl groups is 1. The van der Waals surface area contributed by atoms with Crippen molar-refractivity contribution in [2.24, 2.45) is 15.7 Å². The van der Waals surface area contributed by atoms with Gasteiger partial charge in [-0.15, -0.1) is 0 Å². The van der Waals surface area contributed by atoms with E-state index in [2.05, 4.69) is 46.4 Å². The van der Waals surface area contributed by atoms with E-state index in [0.29, 0.717) is 18.8 Å². The minimum Gasteiger partial charge on any atom is -1.00 e. The van der Waals surface area contributed by atoms with Crippen molar-refractivity contribution in [2.75, 3.05) is 6.61 Å². The third kappa shape index (κ3) is 3.92. The number of aliphatic imine (C=N–C) groups is 2. The highest BCUT2D eigenvalue weighted by molar-refractivity contribution is 9.13. The van der Waals surface area contributed by atoms with Crippen LogP contribution in [0.2, 0.25) is 0 Å². The standard InChI is InChI=1S/C12H17Br2N4OS.ClH/c1-8-10(3-4-19)20-7-18(8)6-11(13)5-16-9(2)17-12(11,14)15;/h5,7,19H,3-4,6,15H2,1-2H3;1H/q+1;/p-1. The molecular weight excluding hydrogens is 443 g/mol. The van der Waals surface area contributed by atoms with Gasteiger partial charge >= 0.3 is 0 Å². The van der Waals surface area contributed by atoms with E-state index in [0.717, 1.165) is 5.69 Å². The van der Waals surface area contributed by atoms with Gasteiger partial charge in [-0.1, -0.05) is 27.3 Å². The maximum Gasteiger partial charge on any atom is 0.225 e. The first-order valence-electron chi connectivity index (χ1n) is 6.15. The summed E-state index contributed by atoms with van der Waals surface area (Å²) in [6.45, 7) is 4.61. The molecule has 1 aromatic rings. The van der Waals surface area contributed by atoms with Crippen molar-refractivity contribution in [3.8, 4) is 0 Å². The lowest BCUT2D eigenvalue weighted by atomic mass is 10.1. The zero-order chi connectivity index (χ0) is 15.0. The molecule has 2 heterocycles. The Bertz CT molecular complexity index is 576. The molecule has 1 aromatic heterocycles. The molecular formula is C12H17Br2ClN4OS. The highest BCUT2D eigenvalue weighted by Gasteiger charge is 2.50. The molecule has 2 rings (SSSR count). The summed E-state index contributed by atoms with van der Waals surface area (Å²) >= 11 is 8.78. The van der Waals surface area contributed by atoms with Gasteiger partial charge in [-0.2, -0.15) is 4.57 Å². The Labute approximate surface area is 151 Å². The quantitative estimate of drug-likeness (QED) is 0.327. The first kappa shape index (κ1) is 19.2. The summed E-state index contributed by atoms with van der Waals surface area (Å²) in [5.41, 5.74) is 9.41. The van der Waals surface area contributed by atoms with Crippen LogP contribution < -0.4 is 22.7 Å². The smallest absolute Gasteiger partial charge is 0.225 e. The monoisotopic (exact) mass is 458 g/mol. The number of halogens is 3. The molecule has 0 saturated carbocycles. The zero-order valence-corrected chi connectivity index (χ0v) is 16.4. The summed E-state index contributed by atoms with van der Waals surface area (Å²) in [7, 11) is 0. The van der Waals surface area contributed by atoms with Crippen molar-refractivity contribution in [2.45, 2.75) is 35.7 Å². The van der Waals surface area contributed by atoms with Crippen molar-refractivity contribution in [3.63, 3.8) is 0 Å². The molecule has 1 aliphatic heterocycles. The number of alkyl halides is 2. The van der Waals surface area contributed by atoms with E-state index in [1.165, 1.54) is 4.88 Å². The Morgan fingerprint density at radius 2 is 2.10 bits per heavy atom. The van der Waals surface area contributed by atoms with Crippen molar-refractivity contribution < 1.29 is 22.1 Å². The number of nitrogens with zero attached hydrogens (tertiary/aromatic N) is 3. The number of aliphatic hydroxyl groups excluding tert-OH is 1. The van der Waals surface area contributed by atoms with Crippen LogP contribution in [0.1, 0.15) is 17.5 Å². The van der Waals surface area contributed by atoms with E-state index in [-0.39, 0.29) is 19.0 Å². The lowest BCUT2D eigenvalue weighted by Crippen LogP contribution is -3.00. The molecule has 0 fully saturated rings. The third-order valence-electron chi connectivity index (χ3n) is 3.26. The predicted molar refractivity (Wildman–Crippen MR) is 89.1 cm³/mol. The van der Waals surface area contributed by atoms with Crippen molar-refractivity contribution in [3.05, 3.63) is 16.1 Å². The topological polar surface area (TPSA) is 74.8 Å². The van der Waals surface area contributed by atoms with Crippen molar-refractivity contribution in [1.82, 2.24) is 0 Å². The largest absolute Gasteiger partial charge is 1.00 e. The van der Waals surface area contributed by atoms with E-state index >= 15 is 0 Å². The summed E-state index contributed by atoms with van der Waals surface area (Å²) in [6, 6.07) is 0. The maximum atomic E-state index is 9.06. The lowest BCUT2D eigenvalue weighted by molar-refractivity contribution is -0.699. The van der Waals surface area contributed by atoms with Gasteiger partial charge in [0, 0.05) is 26.2 Å². The lowest BCUT2D eigenvalue weighted by Gasteiger charge is -2.34. The summed E-state index contributed by atoms with van der Waals surface area (Å²) in [4.78, 5) is 9.79. The summed E-state index contributed by atoms with van der Waals surface area (Å²) in [5, 5.41) is 9.06. The number of thiazole rings is 1. The van der Waals surface area contributed by atoms with E-state index in [1.54, 1.807) is 17.6 Å². The minimum absolute atomic E-state index is 0. The zero-order valence-electron chi connectivity index (χ0n) is 11.7. The minimum atomic E-state index is -0.940. The molecule has 5 nitrogen and oxygen atoms in total. The van der Waals surface area contributed by atoms with Crippen LogP contribution in [0.25, 0.3) is 0 Å². The van der Waals surface area contributed by atoms with Crippen LogP contribution in [0.4, 0.5) is 0 Å². The molecule has 0 spiro atoms. The van der Waals surface area contributed by atoms with Crippen LogP contribution in [0.15, 0.2) is 15.5 Å². The fourth-order valence-corrected chi connectivity index (χ4v) is 3.92. The number of amidine groups is 1. The van der Waals surface area contributed by atoms with Crippen molar-refractivity contribution >= 4 is 55.2 Å². The Balaban J connectivity index is 0.00000220. The molecule has 0 aliphatic carbocycles. The molecule has 0 saturated heterocycles. The molecule has 0 radical (unpaired) electrons. The van der Waals surface area contributed by atoms with Gasteiger partial charge in [0.1, 0.15) is 5.84 Å². The Morgan fingerprint density at radius 3 is 2.67 bits per heavy atom. The van der Waals surface area contributed by atoms with Crippen LogP contribution in [0, 0.1) is 6.92 Å². The molecule has 2 unspecified atom stereocenters. The van der Waals surface area contributed by atoms with Crippen molar-refractivity contribution in [1.29, 1.82) is 0 Å². The average Bonchev–Trinajstić information content (AvgIpc) is 2.68. The second-order valence-electron chi connectivity index (χ2n) is 4.79. The van der Waals surface area contributed by atoms with Gasteiger partial charge in [-0.25, -0.2) is 9.98 Å². The van der Waals surface area contributed by atoms with Crippen LogP contribution >= 0.6 is 43.2 Å². The first-order valence-corrected chi connectivity index (χ1v) is 8.61. The van der Waals surface area contributed by atoms with Crippen LogP contribution in [0.5, 0.6) is 0 Å². The fourth-order valence-electron chi connectivity index (χ4n) is 1.99. The second kappa shape index (κ2) is 7.14. The molecule has 0 amide bonds. The third-order valence-corrected chi connectivity index (χ3v) is 6.88. The molecule has 21 heavy (non-hydrogen) atoms. The van der Waals surface area contributed by atoms with Crippen LogP contribution in [-0.4, -0.2) is 32.7 Å². The molecule has 0 aromatic carbocycles. The molecule has 1 aliphatic rings. The average molecular weight is 461 g/mol. The normalized spacial score (nSPS) is 28.2. The Kier molecular flexibility index (Phi) is 6.53. The molecule has 3 N–H and O–H groups in total. The fraction of sp³-hybridized carbons (Fsp3) is 0.583. The molecule has 2 atom stereocenters. The first-order chi connectivity index (χ1) is 9.29. The predicted octanol–water partition coefficient (Wildman–Crippen LogP) is -1.47. The van der Waals surface area contributed by atoms with E-state index in [9.17, 15) is 0 Å². The molecule has 0 bridgehead atoms. The van der Waals surface area contributed by atoms with E-state index in [4.69, 9.17) is 10.8 Å². The van der Waals surface area contributed by atoms with Gasteiger partial charge in [0.25, 0.3) is 0 Å². The van der Waals surface area contributed by atoms with E-state index < -0.39 is 8.90 Å². The SMILES string of the molecule is CC1=NC(N)(Br)C(Br)(C[n+]2csc(CCO)c2C)C=N1.[Cl-]. The Morgan fingerprint density at radius 1 is 1.43 bits per heavy atom. The van der Waals surface area contributed by atoms with Gasteiger partial charge in [0.15, 0.2) is 21.1 Å². The van der Waals surface area contributed by atoms with Crippen LogP contribution in [0.3, 0.4) is 0 Å². The van der Waals surface area contributed by atoms with Gasteiger partial charge in [-0.3, -0.25) is 5.73 Å². The van der Waals surface area contributed by atoms with Crippen LogP contribution in [-0.2, 0) is 13.0 Å². The summed E-state index contributed by atoms with van der Waals surface area (Å²) in [5.74, 6) is 0.646. The van der Waals surface area contributed by atoms with Gasteiger partial charge in [-0.05, 0) is 22.9 Å². The number of hydrogen-bond donors (Lipinski definition) is 2. The number of hydrogen-bond acceptors (Lipinski definition) is 5. The second-order valence-corrected chi connectivity index (χ2v) is 8.35. The van der Waals surface area contributed by atoms with Gasteiger partial charge < -0.3 is 17.5 Å². The van der Waals surface area contributed by atoms with Gasteiger partial charge in [0.2, 0.25) is 5.51 Å². The van der Waals surface area contributed by atoms with E-state index in [1.807, 2.05) is 19.4 Å². The number of aromatic nitrogens is 1. The number of nitrogens with two attached hydrogens (primary N) is 1. The highest BCUT2D eigenvalue weighted by Crippen LogP contribution is 2.37. The summed E-state index contributed by atoms with van der Waals surface area (Å²) < 4.78 is 0.562. The maximum absolute atomic E-state index is 9.06.